The van der Waals surface area contributed by atoms with Crippen molar-refractivity contribution < 1.29 is 24.3 Å². The van der Waals surface area contributed by atoms with E-state index in [1.54, 1.807) is 0 Å². The number of carboxylic acid groups (broad SMARTS) is 2. The van der Waals surface area contributed by atoms with Gasteiger partial charge in [-0.15, -0.1) is 0 Å². The van der Waals surface area contributed by atoms with E-state index in [0.29, 0.717) is 0 Å². The van der Waals surface area contributed by atoms with E-state index in [9.17, 15) is 19.8 Å². The number of carbonyl (C=O) groups is 2. The Morgan fingerprint density at radius 3 is 0.824 bits per heavy atom. The quantitative estimate of drug-likeness (QED) is 0.166. The summed E-state index contributed by atoms with van der Waals surface area (Å²) in [5.41, 5.74) is 0. The van der Waals surface area contributed by atoms with E-state index in [1.165, 1.54) is 89.9 Å². The summed E-state index contributed by atoms with van der Waals surface area (Å²) in [6, 6.07) is 0. The third-order valence-electron chi connectivity index (χ3n) is 4.97. The van der Waals surface area contributed by atoms with E-state index in [1.807, 2.05) is 0 Å². The molecule has 0 aromatic rings. The van der Waals surface area contributed by atoms with Gasteiger partial charge in [0.2, 0.25) is 0 Å². The van der Waals surface area contributed by atoms with Crippen LogP contribution in [0.2, 0.25) is 0 Å². The average Bonchev–Trinajstić information content (AvgIpc) is 2.70. The van der Waals surface area contributed by atoms with Gasteiger partial charge in [-0.25, -0.2) is 0 Å². The second-order valence-electron chi connectivity index (χ2n) is 10.6. The first-order valence-corrected chi connectivity index (χ1v) is 13.7. The van der Waals surface area contributed by atoms with Crippen LogP contribution in [0.4, 0.5) is 0 Å². The molecule has 0 atom stereocenters. The summed E-state index contributed by atoms with van der Waals surface area (Å²) in [5.74, 6) is -1.82. The lowest BCUT2D eigenvalue weighted by molar-refractivity contribution is -0.849. The molecule has 0 amide bonds. The van der Waals surface area contributed by atoms with Crippen LogP contribution in [-0.4, -0.2) is 44.6 Å². The number of hydrogen-bond donors (Lipinski definition) is 1. The number of carboxylic acids is 2. The third-order valence-corrected chi connectivity index (χ3v) is 4.97. The van der Waals surface area contributed by atoms with Crippen molar-refractivity contribution in [3.63, 3.8) is 0 Å². The summed E-state index contributed by atoms with van der Waals surface area (Å²) in [6.45, 7) is 4.44. The van der Waals surface area contributed by atoms with Gasteiger partial charge in [-0.3, -0.25) is 0 Å². The molecule has 0 unspecified atom stereocenters. The van der Waals surface area contributed by atoms with Crippen LogP contribution < -0.4 is 16.4 Å². The lowest BCUT2D eigenvalue weighted by atomic mass is 10.1. The van der Waals surface area contributed by atoms with Gasteiger partial charge in [-0.05, 0) is 25.7 Å². The molecule has 0 aliphatic carbocycles. The van der Waals surface area contributed by atoms with Gasteiger partial charge in [0.05, 0.1) is 28.2 Å². The molecule has 34 heavy (non-hydrogen) atoms. The van der Waals surface area contributed by atoms with Crippen molar-refractivity contribution in [2.45, 2.75) is 142 Å². The Labute approximate surface area is 213 Å². The number of quaternary nitrogens is 2. The van der Waals surface area contributed by atoms with Gasteiger partial charge in [0.1, 0.15) is 0 Å². The van der Waals surface area contributed by atoms with E-state index < -0.39 is 11.9 Å². The molecule has 208 valence electrons. The second kappa shape index (κ2) is 31.9. The molecule has 0 heterocycles. The van der Waals surface area contributed by atoms with Crippen molar-refractivity contribution in [3.8, 4) is 0 Å². The minimum absolute atomic E-state index is 0. The van der Waals surface area contributed by atoms with Crippen LogP contribution in [0.15, 0.2) is 0 Å². The first-order valence-electron chi connectivity index (χ1n) is 13.7. The van der Waals surface area contributed by atoms with Gasteiger partial charge in [0.25, 0.3) is 0 Å². The molecule has 0 aromatic heterocycles. The Morgan fingerprint density at radius 1 is 0.471 bits per heavy atom. The molecule has 0 radical (unpaired) electrons. The predicted octanol–water partition coefficient (Wildman–Crippen LogP) is 6.01. The molecule has 0 saturated carbocycles. The normalized spacial score (nSPS) is 10.3. The zero-order chi connectivity index (χ0) is 25.8. The van der Waals surface area contributed by atoms with Crippen LogP contribution in [0, 0.1) is 0 Å². The molecule has 0 saturated heterocycles. The van der Waals surface area contributed by atoms with Gasteiger partial charge in [-0.2, -0.15) is 0 Å². The molecule has 0 aliphatic rings. The van der Waals surface area contributed by atoms with Crippen LogP contribution in [0.25, 0.3) is 0 Å². The number of unbranched alkanes of at least 4 members (excludes halogenated alkanes) is 16. The van der Waals surface area contributed by atoms with Crippen molar-refractivity contribution in [2.24, 2.45) is 0 Å². The van der Waals surface area contributed by atoms with Crippen LogP contribution in [0.3, 0.4) is 0 Å². The Hall–Kier alpha value is -1.14. The number of nitrogens with zero attached hydrogens (tertiary/aromatic N) is 1. The highest BCUT2D eigenvalue weighted by Gasteiger charge is 1.93. The lowest BCUT2D eigenvalue weighted by Gasteiger charge is -2.14. The Balaban J connectivity index is -0.000000216. The van der Waals surface area contributed by atoms with Gasteiger partial charge < -0.3 is 30.4 Å². The van der Waals surface area contributed by atoms with Crippen LogP contribution in [0.1, 0.15) is 142 Å². The van der Waals surface area contributed by atoms with Gasteiger partial charge >= 0.3 is 0 Å². The molecule has 0 aliphatic heterocycles. The van der Waals surface area contributed by atoms with E-state index in [2.05, 4.69) is 42.0 Å². The lowest BCUT2D eigenvalue weighted by Crippen LogP contribution is -2.27. The summed E-state index contributed by atoms with van der Waals surface area (Å²) in [6.07, 6.45) is 22.3. The zero-order valence-electron chi connectivity index (χ0n) is 24.2. The number of rotatable bonds is 20. The van der Waals surface area contributed by atoms with Crippen molar-refractivity contribution in [1.29, 1.82) is 0 Å². The monoisotopic (exact) mass is 490 g/mol. The second-order valence-corrected chi connectivity index (χ2v) is 10.6. The van der Waals surface area contributed by atoms with Gasteiger partial charge in [0.15, 0.2) is 0 Å². The van der Waals surface area contributed by atoms with Crippen LogP contribution in [0.5, 0.6) is 0 Å². The molecule has 0 aromatic carbocycles. The van der Waals surface area contributed by atoms with Crippen molar-refractivity contribution in [1.82, 2.24) is 6.15 Å². The fourth-order valence-electron chi connectivity index (χ4n) is 3.16. The van der Waals surface area contributed by atoms with Crippen LogP contribution in [-0.2, 0) is 9.59 Å². The smallest absolute Gasteiger partial charge is 0.0675 e. The maximum atomic E-state index is 10.1. The molecule has 6 nitrogen and oxygen atoms in total. The maximum absolute atomic E-state index is 10.1. The molecule has 0 bridgehead atoms. The maximum Gasteiger partial charge on any atom is 0.0675 e. The molecular formula is C28H62N2O4. The highest BCUT2D eigenvalue weighted by Crippen LogP contribution is 2.11. The standard InChI is InChI=1S/2C12H24O2.C4H12N.H3N/c2*1-2-3-4-5-6-7-8-9-10-11-12(13)14;1-5(2,3)4;/h2*2-11H2,1H3,(H,13,14);1-4H3;1H3/q;;+1;/p-1. The Morgan fingerprint density at radius 2 is 0.647 bits per heavy atom. The number of carbonyl (C=O) groups excluding carboxylic acids is 2. The average molecular weight is 491 g/mol. The topological polar surface area (TPSA) is 117 Å². The minimum atomic E-state index is -0.909. The van der Waals surface area contributed by atoms with Crippen molar-refractivity contribution in [2.75, 3.05) is 28.2 Å². The Kier molecular flexibility index (Phi) is 37.5. The summed E-state index contributed by atoms with van der Waals surface area (Å²) in [5, 5.41) is 20.2. The SMILES string of the molecule is CCCCCCCCCCCC(=O)[O-].CCCCCCCCCCCC(=O)[O-].C[N+](C)(C)C.[NH4+]. The van der Waals surface area contributed by atoms with E-state index in [-0.39, 0.29) is 19.0 Å². The summed E-state index contributed by atoms with van der Waals surface area (Å²) < 4.78 is 1.00. The van der Waals surface area contributed by atoms with Crippen molar-refractivity contribution >= 4 is 11.9 Å². The van der Waals surface area contributed by atoms with E-state index >= 15 is 0 Å². The summed E-state index contributed by atoms with van der Waals surface area (Å²) in [7, 11) is 8.50. The van der Waals surface area contributed by atoms with Crippen molar-refractivity contribution in [3.05, 3.63) is 0 Å². The Bertz CT molecular complexity index is 372. The fraction of sp³-hybridized carbons (Fsp3) is 0.929. The number of hydrogen-bond acceptors (Lipinski definition) is 4. The van der Waals surface area contributed by atoms with Gasteiger partial charge in [-0.1, -0.05) is 117 Å². The molecule has 4 N–H and O–H groups in total. The van der Waals surface area contributed by atoms with E-state index in [0.717, 1.165) is 30.2 Å². The minimum Gasteiger partial charge on any atom is -0.550 e. The molecule has 0 spiro atoms. The predicted molar refractivity (Wildman–Crippen MR) is 144 cm³/mol. The number of aliphatic carboxylic acids is 2. The fourth-order valence-corrected chi connectivity index (χ4v) is 3.16. The summed E-state index contributed by atoms with van der Waals surface area (Å²) >= 11 is 0. The largest absolute Gasteiger partial charge is 0.550 e. The molecule has 0 rings (SSSR count). The highest BCUT2D eigenvalue weighted by molar-refractivity contribution is 5.64. The van der Waals surface area contributed by atoms with Gasteiger partial charge in [0, 0.05) is 11.9 Å². The molecular weight excluding hydrogens is 428 g/mol. The van der Waals surface area contributed by atoms with E-state index in [4.69, 9.17) is 0 Å². The summed E-state index contributed by atoms with van der Waals surface area (Å²) in [4.78, 5) is 20.2. The highest BCUT2D eigenvalue weighted by atomic mass is 16.4. The third kappa shape index (κ3) is 63.2. The first-order chi connectivity index (χ1) is 15.5. The molecule has 0 fully saturated rings. The van der Waals surface area contributed by atoms with Crippen LogP contribution >= 0.6 is 0 Å². The molecule has 6 heteroatoms. The first kappa shape index (κ1) is 40.0. The zero-order valence-corrected chi connectivity index (χ0v) is 24.2.